The lowest BCUT2D eigenvalue weighted by Gasteiger charge is -2.38. The number of alkyl halides is 2. The molecule has 0 spiro atoms. The highest BCUT2D eigenvalue weighted by Gasteiger charge is 2.49. The van der Waals surface area contributed by atoms with Crippen LogP contribution in [0.4, 0.5) is 18.9 Å². The summed E-state index contributed by atoms with van der Waals surface area (Å²) in [4.78, 5) is 20.2. The minimum Gasteiger partial charge on any atom is -0.495 e. The van der Waals surface area contributed by atoms with Crippen molar-refractivity contribution in [3.05, 3.63) is 53.6 Å². The molecule has 0 aliphatic carbocycles. The van der Waals surface area contributed by atoms with Gasteiger partial charge in [0.15, 0.2) is 5.67 Å². The molecule has 2 heterocycles. The Morgan fingerprint density at radius 2 is 2.14 bits per heavy atom. The van der Waals surface area contributed by atoms with Crippen molar-refractivity contribution in [1.82, 2.24) is 4.98 Å². The molecule has 0 fully saturated rings. The Balaban J connectivity index is 1.85. The Morgan fingerprint density at radius 3 is 2.79 bits per heavy atom. The molecule has 3 N–H and O–H groups in total. The smallest absolute Gasteiger partial charge is 0.274 e. The Morgan fingerprint density at radius 1 is 1.38 bits per heavy atom. The molecular formula is C20H21F3N4O2. The molecular weight excluding hydrogens is 385 g/mol. The fourth-order valence-electron chi connectivity index (χ4n) is 3.07. The molecule has 3 rings (SSSR count). The second-order valence-electron chi connectivity index (χ2n) is 7.14. The van der Waals surface area contributed by atoms with E-state index < -0.39 is 48.4 Å². The van der Waals surface area contributed by atoms with Crippen LogP contribution in [0.25, 0.3) is 0 Å². The molecule has 6 nitrogen and oxygen atoms in total. The number of hydrogen-bond acceptors (Lipinski definition) is 5. The number of benzene rings is 1. The van der Waals surface area contributed by atoms with E-state index in [2.05, 4.69) is 20.0 Å². The molecule has 0 bridgehead atoms. The summed E-state index contributed by atoms with van der Waals surface area (Å²) in [7, 11) is -2.66. The Bertz CT molecular complexity index is 1060. The molecule has 0 saturated carbocycles. The van der Waals surface area contributed by atoms with Gasteiger partial charge in [-0.05, 0) is 44.2 Å². The van der Waals surface area contributed by atoms with E-state index in [0.717, 1.165) is 19.2 Å². The van der Waals surface area contributed by atoms with Gasteiger partial charge < -0.3 is 15.8 Å². The fraction of sp³-hybridized carbons (Fsp3) is 0.350. The summed E-state index contributed by atoms with van der Waals surface area (Å²) >= 11 is 0. The van der Waals surface area contributed by atoms with E-state index in [9.17, 15) is 18.0 Å². The van der Waals surface area contributed by atoms with Crippen molar-refractivity contribution >= 4 is 17.4 Å². The maximum atomic E-state index is 14.9. The predicted octanol–water partition coefficient (Wildman–Crippen LogP) is 3.52. The van der Waals surface area contributed by atoms with Gasteiger partial charge >= 0.3 is 0 Å². The maximum Gasteiger partial charge on any atom is 0.274 e. The number of pyridine rings is 1. The zero-order valence-electron chi connectivity index (χ0n) is 18.7. The standard InChI is InChI=1S/C20H21F3N4O2/c1-19(23)9-16(22)20(2,27-18(19)24)13-8-11(4-6-14(13)21)26-17(28)15-7-5-12(29-3)10-25-15/h4-8,10,16H,9H2,1-3H3,(H2,24,27)(H,26,28)/t16-,19+,20-/m1/s1/i3D3. The summed E-state index contributed by atoms with van der Waals surface area (Å²) in [6.45, 7) is 2.40. The molecule has 29 heavy (non-hydrogen) atoms. The highest BCUT2D eigenvalue weighted by Crippen LogP contribution is 2.42. The zero-order valence-corrected chi connectivity index (χ0v) is 15.7. The average molecular weight is 409 g/mol. The summed E-state index contributed by atoms with van der Waals surface area (Å²) in [5.41, 5.74) is 1.56. The second kappa shape index (κ2) is 7.38. The molecule has 1 aliphatic rings. The van der Waals surface area contributed by atoms with E-state index in [0.29, 0.717) is 0 Å². The summed E-state index contributed by atoms with van der Waals surface area (Å²) in [5.74, 6) is -1.98. The lowest BCUT2D eigenvalue weighted by Crippen LogP contribution is -2.51. The van der Waals surface area contributed by atoms with E-state index in [1.807, 2.05) is 0 Å². The summed E-state index contributed by atoms with van der Waals surface area (Å²) in [6.07, 6.45) is -1.39. The van der Waals surface area contributed by atoms with Crippen LogP contribution in [0.1, 0.15) is 40.4 Å². The minimum absolute atomic E-state index is 0.0554. The number of aromatic nitrogens is 1. The summed E-state index contributed by atoms with van der Waals surface area (Å²) in [5, 5.41) is 2.50. The number of carbonyl (C=O) groups excluding carboxylic acids is 1. The third kappa shape index (κ3) is 3.90. The van der Waals surface area contributed by atoms with Gasteiger partial charge in [-0.3, -0.25) is 9.79 Å². The van der Waals surface area contributed by atoms with Crippen LogP contribution < -0.4 is 15.8 Å². The topological polar surface area (TPSA) is 89.6 Å². The van der Waals surface area contributed by atoms with Crippen LogP contribution in [0, 0.1) is 5.82 Å². The normalized spacial score (nSPS) is 28.5. The zero-order chi connectivity index (χ0) is 23.9. The Labute approximate surface area is 170 Å². The summed E-state index contributed by atoms with van der Waals surface area (Å²) in [6, 6.07) is 5.98. The van der Waals surface area contributed by atoms with Gasteiger partial charge in [-0.1, -0.05) is 0 Å². The number of amidine groups is 1. The van der Waals surface area contributed by atoms with Crippen molar-refractivity contribution in [3.8, 4) is 5.75 Å². The number of halogens is 3. The molecule has 3 atom stereocenters. The molecule has 0 unspecified atom stereocenters. The van der Waals surface area contributed by atoms with E-state index in [4.69, 9.17) is 9.85 Å². The first-order chi connectivity index (χ1) is 14.7. The quantitative estimate of drug-likeness (QED) is 0.809. The van der Waals surface area contributed by atoms with Crippen molar-refractivity contribution in [2.45, 2.75) is 37.6 Å². The summed E-state index contributed by atoms with van der Waals surface area (Å²) < 4.78 is 69.6. The monoisotopic (exact) mass is 409 g/mol. The number of amides is 1. The fourth-order valence-corrected chi connectivity index (χ4v) is 3.07. The van der Waals surface area contributed by atoms with Gasteiger partial charge in [-0.25, -0.2) is 18.2 Å². The lowest BCUT2D eigenvalue weighted by atomic mass is 9.79. The second-order valence-corrected chi connectivity index (χ2v) is 7.14. The maximum absolute atomic E-state index is 14.9. The van der Waals surface area contributed by atoms with E-state index >= 15 is 0 Å². The van der Waals surface area contributed by atoms with Crippen molar-refractivity contribution in [2.24, 2.45) is 10.7 Å². The molecule has 1 aromatic carbocycles. The molecule has 1 aliphatic heterocycles. The molecule has 1 amide bonds. The van der Waals surface area contributed by atoms with Gasteiger partial charge in [0, 0.05) is 17.7 Å². The highest BCUT2D eigenvalue weighted by molar-refractivity contribution is 6.03. The molecule has 9 heteroatoms. The van der Waals surface area contributed by atoms with Gasteiger partial charge in [0.25, 0.3) is 5.91 Å². The van der Waals surface area contributed by atoms with Crippen LogP contribution in [0.5, 0.6) is 5.75 Å². The van der Waals surface area contributed by atoms with Gasteiger partial charge in [-0.15, -0.1) is 0 Å². The van der Waals surface area contributed by atoms with Gasteiger partial charge in [0.05, 0.1) is 17.3 Å². The van der Waals surface area contributed by atoms with E-state index in [1.54, 1.807) is 0 Å². The van der Waals surface area contributed by atoms with Gasteiger partial charge in [0.2, 0.25) is 0 Å². The number of nitrogens with zero attached hydrogens (tertiary/aromatic N) is 2. The van der Waals surface area contributed by atoms with Crippen molar-refractivity contribution < 1.29 is 26.8 Å². The average Bonchev–Trinajstić information content (AvgIpc) is 2.67. The van der Waals surface area contributed by atoms with Gasteiger partial charge in [0.1, 0.15) is 34.8 Å². The SMILES string of the molecule is [2H]C([2H])([2H])Oc1ccc(C(=O)Nc2ccc(F)c([C@@]3(C)N=C(N)[C@@](C)(F)C[C@H]3F)c2)nc1. The van der Waals surface area contributed by atoms with E-state index in [-0.39, 0.29) is 22.7 Å². The largest absolute Gasteiger partial charge is 0.495 e. The number of methoxy groups -OCH3 is 1. The molecule has 1 aromatic heterocycles. The van der Waals surface area contributed by atoms with Gasteiger partial charge in [-0.2, -0.15) is 0 Å². The lowest BCUT2D eigenvalue weighted by molar-refractivity contribution is 0.102. The first-order valence-corrected chi connectivity index (χ1v) is 8.66. The number of rotatable bonds is 4. The Kier molecular flexibility index (Phi) is 4.28. The number of carbonyl (C=O) groups is 1. The number of nitrogens with two attached hydrogens (primary N) is 1. The number of anilines is 1. The first-order valence-electron chi connectivity index (χ1n) is 10.2. The molecule has 0 radical (unpaired) electrons. The predicted molar refractivity (Wildman–Crippen MR) is 103 cm³/mol. The highest BCUT2D eigenvalue weighted by atomic mass is 19.2. The van der Waals surface area contributed by atoms with Crippen molar-refractivity contribution in [2.75, 3.05) is 12.4 Å². The van der Waals surface area contributed by atoms with Crippen LogP contribution >= 0.6 is 0 Å². The van der Waals surface area contributed by atoms with E-state index in [1.165, 1.54) is 31.2 Å². The number of hydrogen-bond donors (Lipinski definition) is 2. The molecule has 0 saturated heterocycles. The van der Waals surface area contributed by atoms with Crippen LogP contribution in [0.15, 0.2) is 41.5 Å². The first kappa shape index (κ1) is 16.8. The number of nitrogens with one attached hydrogen (secondary N) is 1. The van der Waals surface area contributed by atoms with Crippen LogP contribution in [0.3, 0.4) is 0 Å². The number of ether oxygens (including phenoxy) is 1. The molecule has 154 valence electrons. The van der Waals surface area contributed by atoms with Crippen molar-refractivity contribution in [3.63, 3.8) is 0 Å². The van der Waals surface area contributed by atoms with Crippen LogP contribution in [0.2, 0.25) is 0 Å². The van der Waals surface area contributed by atoms with Crippen LogP contribution in [-0.2, 0) is 5.54 Å². The van der Waals surface area contributed by atoms with Crippen LogP contribution in [-0.4, -0.2) is 35.6 Å². The third-order valence-electron chi connectivity index (χ3n) is 4.92. The minimum atomic E-state index is -2.66. The Hall–Kier alpha value is -3.10. The third-order valence-corrected chi connectivity index (χ3v) is 4.92. The van der Waals surface area contributed by atoms with Crippen molar-refractivity contribution in [1.29, 1.82) is 0 Å². The molecule has 2 aromatic rings. The number of aliphatic imine (C=N–C) groups is 1.